The van der Waals surface area contributed by atoms with E-state index < -0.39 is 0 Å². The molecular weight excluding hydrogens is 695 g/mol. The Morgan fingerprint density at radius 3 is 1.59 bits per heavy atom. The smallest absolute Gasteiger partial charge is 0.333 e. The second-order valence-corrected chi connectivity index (χ2v) is 23.1. The number of aromatic nitrogens is 1. The highest BCUT2D eigenvalue weighted by Crippen LogP contribution is 2.53. The fraction of sp³-hybridized carbons (Fsp3) is 0.385. The number of hydrogen-bond acceptors (Lipinski definition) is 2. The number of rotatable bonds is 1. The van der Waals surface area contributed by atoms with Gasteiger partial charge in [0.1, 0.15) is 0 Å². The van der Waals surface area contributed by atoms with Crippen molar-refractivity contribution in [3.63, 3.8) is 0 Å². The summed E-state index contributed by atoms with van der Waals surface area (Å²) in [6.45, 7) is 35.2. The Morgan fingerprint density at radius 2 is 1.00 bits per heavy atom. The minimum absolute atomic E-state index is 0.0122. The first-order chi connectivity index (χ1) is 25.9. The van der Waals surface area contributed by atoms with Crippen molar-refractivity contribution < 1.29 is 0 Å². The van der Waals surface area contributed by atoms with E-state index in [0.717, 1.165) is 0 Å². The Morgan fingerprint density at radius 1 is 0.482 bits per heavy atom. The molecule has 2 aliphatic heterocycles. The Bertz CT molecular complexity index is 2760. The molecule has 4 heteroatoms. The molecule has 0 atom stereocenters. The van der Waals surface area contributed by atoms with Crippen molar-refractivity contribution in [1.82, 2.24) is 4.57 Å². The molecule has 2 nitrogen and oxygen atoms in total. The third kappa shape index (κ3) is 5.56. The summed E-state index contributed by atoms with van der Waals surface area (Å²) in [4.78, 5) is 4.13. The molecule has 5 aromatic carbocycles. The number of fused-ring (bicyclic) bond motifs is 9. The summed E-state index contributed by atoms with van der Waals surface area (Å²) < 4.78 is 4.00. The minimum atomic E-state index is -0.0327. The first-order valence-electron chi connectivity index (χ1n) is 20.7. The zero-order valence-corrected chi connectivity index (χ0v) is 37.3. The topological polar surface area (TPSA) is 8.17 Å². The SMILES string of the molecule is CC(C)(C)c1ccc(N2B3c4c(cc(C(C)(C)C)cc4-n4c5ccc(C(C)(C)C)cc5c5cc(C(C)(C)C)cc3c54)-c3sc4ccc(C(C)(C)C)cc4c32)cc1. The molecule has 4 heterocycles. The van der Waals surface area contributed by atoms with E-state index in [1.54, 1.807) is 0 Å². The maximum Gasteiger partial charge on any atom is 0.333 e. The Balaban J connectivity index is 1.50. The van der Waals surface area contributed by atoms with E-state index in [0.29, 0.717) is 0 Å². The molecule has 9 rings (SSSR count). The second kappa shape index (κ2) is 11.7. The van der Waals surface area contributed by atoms with Gasteiger partial charge in [0.25, 0.3) is 0 Å². The quantitative estimate of drug-likeness (QED) is 0.152. The van der Waals surface area contributed by atoms with Crippen molar-refractivity contribution in [3.8, 4) is 16.1 Å². The van der Waals surface area contributed by atoms with Crippen LogP contribution in [0.25, 0.3) is 48.0 Å². The largest absolute Gasteiger partial charge is 0.375 e. The molecule has 286 valence electrons. The van der Waals surface area contributed by atoms with Crippen LogP contribution in [0.3, 0.4) is 0 Å². The van der Waals surface area contributed by atoms with Gasteiger partial charge in [-0.15, -0.1) is 11.3 Å². The van der Waals surface area contributed by atoms with Crippen molar-refractivity contribution >= 4 is 72.4 Å². The summed E-state index contributed by atoms with van der Waals surface area (Å²) in [6, 6.07) is 34.3. The van der Waals surface area contributed by atoms with E-state index in [4.69, 9.17) is 0 Å². The highest BCUT2D eigenvalue weighted by atomic mass is 32.1. The lowest BCUT2D eigenvalue weighted by atomic mass is 9.44. The zero-order valence-electron chi connectivity index (χ0n) is 36.5. The average Bonchev–Trinajstić information content (AvgIpc) is 3.64. The lowest BCUT2D eigenvalue weighted by Gasteiger charge is -2.42. The molecular formula is C52H59BN2S. The lowest BCUT2D eigenvalue weighted by molar-refractivity contribution is 0.590. The number of anilines is 2. The predicted octanol–water partition coefficient (Wildman–Crippen LogP) is 13.7. The van der Waals surface area contributed by atoms with Crippen molar-refractivity contribution in [2.24, 2.45) is 0 Å². The van der Waals surface area contributed by atoms with Crippen molar-refractivity contribution in [3.05, 3.63) is 113 Å². The van der Waals surface area contributed by atoms with Crippen LogP contribution in [0, 0.1) is 0 Å². The van der Waals surface area contributed by atoms with Crippen LogP contribution in [0.15, 0.2) is 84.9 Å². The number of benzene rings is 5. The van der Waals surface area contributed by atoms with E-state index >= 15 is 0 Å². The van der Waals surface area contributed by atoms with Gasteiger partial charge in [0.05, 0.1) is 21.6 Å². The normalized spacial score (nSPS) is 14.6. The van der Waals surface area contributed by atoms with Crippen LogP contribution in [-0.2, 0) is 27.1 Å². The van der Waals surface area contributed by atoms with Crippen molar-refractivity contribution in [2.75, 3.05) is 4.81 Å². The first kappa shape index (κ1) is 37.3. The summed E-state index contributed by atoms with van der Waals surface area (Å²) in [5.74, 6) is 0. The number of nitrogens with zero attached hydrogens (tertiary/aromatic N) is 2. The Kier molecular flexibility index (Phi) is 7.77. The predicted molar refractivity (Wildman–Crippen MR) is 249 cm³/mol. The minimum Gasteiger partial charge on any atom is -0.375 e. The monoisotopic (exact) mass is 754 g/mol. The van der Waals surface area contributed by atoms with Crippen LogP contribution in [-0.4, -0.2) is 11.4 Å². The van der Waals surface area contributed by atoms with Gasteiger partial charge in [-0.05, 0) is 120 Å². The molecule has 0 spiro atoms. The maximum atomic E-state index is 2.75. The summed E-state index contributed by atoms with van der Waals surface area (Å²) in [5.41, 5.74) is 17.7. The highest BCUT2D eigenvalue weighted by Gasteiger charge is 2.46. The average molecular weight is 755 g/mol. The van der Waals surface area contributed by atoms with Gasteiger partial charge in [-0.25, -0.2) is 0 Å². The van der Waals surface area contributed by atoms with Crippen LogP contribution in [0.5, 0.6) is 0 Å². The maximum absolute atomic E-state index is 2.75. The van der Waals surface area contributed by atoms with Gasteiger partial charge in [0, 0.05) is 32.2 Å². The van der Waals surface area contributed by atoms with Crippen LogP contribution >= 0.6 is 11.3 Å². The fourth-order valence-electron chi connectivity index (χ4n) is 9.19. The Labute approximate surface area is 340 Å². The summed E-state index contributed by atoms with van der Waals surface area (Å²) in [7, 11) is 0. The molecule has 0 aliphatic carbocycles. The van der Waals surface area contributed by atoms with E-state index in [2.05, 4.69) is 198 Å². The van der Waals surface area contributed by atoms with Gasteiger partial charge >= 0.3 is 6.85 Å². The standard InChI is InChI=1S/C52H59BN2S/c1-48(2,3)30-16-20-35(21-17-30)55-46-38-25-32(50(7,8)9)19-23-43(38)56-47(46)39-27-34(52(13,14)15)29-42-44(39)53(55)40-28-33(51(10,11)12)26-37-36-24-31(49(4,5)6)18-22-41(36)54(42)45(37)40/h16-29H,1-15H3. The molecule has 0 radical (unpaired) electrons. The lowest BCUT2D eigenvalue weighted by Crippen LogP contribution is -2.60. The molecule has 0 unspecified atom stereocenters. The Hall–Kier alpha value is -4.28. The summed E-state index contributed by atoms with van der Waals surface area (Å²) in [5, 5.41) is 4.07. The molecule has 0 N–H and O–H groups in total. The van der Waals surface area contributed by atoms with Crippen LogP contribution in [0.2, 0.25) is 0 Å². The van der Waals surface area contributed by atoms with Gasteiger partial charge in [-0.3, -0.25) is 0 Å². The highest BCUT2D eigenvalue weighted by molar-refractivity contribution is 7.24. The second-order valence-electron chi connectivity index (χ2n) is 22.0. The number of hydrogen-bond donors (Lipinski definition) is 0. The van der Waals surface area contributed by atoms with Crippen LogP contribution < -0.4 is 15.7 Å². The third-order valence-corrected chi connectivity index (χ3v) is 13.9. The van der Waals surface area contributed by atoms with Gasteiger partial charge < -0.3 is 9.38 Å². The summed E-state index contributed by atoms with van der Waals surface area (Å²) >= 11 is 1.97. The van der Waals surface area contributed by atoms with Gasteiger partial charge in [0.15, 0.2) is 0 Å². The van der Waals surface area contributed by atoms with Crippen LogP contribution in [0.1, 0.15) is 132 Å². The zero-order chi connectivity index (χ0) is 40.2. The first-order valence-corrected chi connectivity index (χ1v) is 21.5. The molecule has 0 saturated heterocycles. The van der Waals surface area contributed by atoms with E-state index in [1.807, 2.05) is 11.3 Å². The molecule has 56 heavy (non-hydrogen) atoms. The van der Waals surface area contributed by atoms with Crippen LogP contribution in [0.4, 0.5) is 11.4 Å². The van der Waals surface area contributed by atoms with Gasteiger partial charge in [-0.1, -0.05) is 140 Å². The molecule has 0 fully saturated rings. The van der Waals surface area contributed by atoms with Gasteiger partial charge in [0.2, 0.25) is 0 Å². The fourth-order valence-corrected chi connectivity index (χ4v) is 10.4. The van der Waals surface area contributed by atoms with E-state index in [9.17, 15) is 0 Å². The summed E-state index contributed by atoms with van der Waals surface area (Å²) in [6.07, 6.45) is 0. The van der Waals surface area contributed by atoms with E-state index in [1.165, 1.54) is 98.1 Å². The van der Waals surface area contributed by atoms with E-state index in [-0.39, 0.29) is 33.9 Å². The molecule has 2 aromatic heterocycles. The van der Waals surface area contributed by atoms with Gasteiger partial charge in [-0.2, -0.15) is 0 Å². The molecule has 0 saturated carbocycles. The molecule has 7 aromatic rings. The van der Waals surface area contributed by atoms with Crippen molar-refractivity contribution in [2.45, 2.75) is 131 Å². The molecule has 2 aliphatic rings. The molecule has 0 bridgehead atoms. The number of thiophene rings is 1. The molecule has 0 amide bonds. The van der Waals surface area contributed by atoms with Crippen molar-refractivity contribution in [1.29, 1.82) is 0 Å². The third-order valence-electron chi connectivity index (χ3n) is 12.7.